The second kappa shape index (κ2) is 8.86. The van der Waals surface area contributed by atoms with E-state index in [1.165, 1.54) is 6.92 Å². The third-order valence-corrected chi connectivity index (χ3v) is 2.89. The molecule has 21 heavy (non-hydrogen) atoms. The average Bonchev–Trinajstić information content (AvgIpc) is 2.46. The summed E-state index contributed by atoms with van der Waals surface area (Å²) < 4.78 is 0. The fourth-order valence-corrected chi connectivity index (χ4v) is 1.79. The molecule has 114 valence electrons. The molecule has 1 unspecified atom stereocenters. The number of carbonyl (C=O) groups excluding carboxylic acids is 3. The lowest BCUT2D eigenvalue weighted by Gasteiger charge is -2.16. The van der Waals surface area contributed by atoms with Crippen molar-refractivity contribution in [2.75, 3.05) is 20.1 Å². The van der Waals surface area contributed by atoms with Crippen molar-refractivity contribution in [1.82, 2.24) is 16.0 Å². The molecule has 0 aromatic heterocycles. The van der Waals surface area contributed by atoms with Gasteiger partial charge in [-0.05, 0) is 26.0 Å². The summed E-state index contributed by atoms with van der Waals surface area (Å²) in [6.45, 7) is 1.44. The number of amides is 2. The van der Waals surface area contributed by atoms with Gasteiger partial charge in [0.25, 0.3) is 0 Å². The van der Waals surface area contributed by atoms with Crippen molar-refractivity contribution in [3.05, 3.63) is 35.9 Å². The lowest BCUT2D eigenvalue weighted by atomic mass is 10.0. The van der Waals surface area contributed by atoms with Crippen molar-refractivity contribution in [3.63, 3.8) is 0 Å². The Labute approximate surface area is 124 Å². The van der Waals surface area contributed by atoms with E-state index in [4.69, 9.17) is 0 Å². The highest BCUT2D eigenvalue weighted by Crippen LogP contribution is 2.03. The van der Waals surface area contributed by atoms with Gasteiger partial charge in [-0.1, -0.05) is 30.3 Å². The van der Waals surface area contributed by atoms with Crippen LogP contribution in [0.15, 0.2) is 30.3 Å². The van der Waals surface area contributed by atoms with Crippen LogP contribution in [0, 0.1) is 0 Å². The minimum absolute atomic E-state index is 0.117. The molecule has 6 nitrogen and oxygen atoms in total. The number of carbonyl (C=O) groups is 3. The molecule has 3 N–H and O–H groups in total. The summed E-state index contributed by atoms with van der Waals surface area (Å²) in [7, 11) is 1.64. The van der Waals surface area contributed by atoms with Crippen LogP contribution in [0.4, 0.5) is 0 Å². The van der Waals surface area contributed by atoms with Crippen LogP contribution in [-0.2, 0) is 20.8 Å². The summed E-state index contributed by atoms with van der Waals surface area (Å²) in [4.78, 5) is 34.6. The van der Waals surface area contributed by atoms with Gasteiger partial charge in [-0.2, -0.15) is 0 Å². The van der Waals surface area contributed by atoms with Crippen LogP contribution < -0.4 is 16.0 Å². The monoisotopic (exact) mass is 291 g/mol. The summed E-state index contributed by atoms with van der Waals surface area (Å²) in [5.74, 6) is -0.764. The number of rotatable bonds is 8. The normalized spacial score (nSPS) is 11.5. The summed E-state index contributed by atoms with van der Waals surface area (Å²) in [6.07, 6.45) is 0.437. The molecule has 6 heteroatoms. The van der Waals surface area contributed by atoms with Crippen LogP contribution in [-0.4, -0.2) is 43.8 Å². The largest absolute Gasteiger partial charge is 0.346 e. The highest BCUT2D eigenvalue weighted by atomic mass is 16.2. The molecule has 1 atom stereocenters. The number of likely N-dealkylation sites (N-methyl/N-ethyl adjacent to an activating group) is 1. The quantitative estimate of drug-likeness (QED) is 0.610. The molecule has 0 aliphatic rings. The Bertz CT molecular complexity index is 488. The predicted octanol–water partition coefficient (Wildman–Crippen LogP) is -0.361. The number of hydrogen-bond acceptors (Lipinski definition) is 4. The van der Waals surface area contributed by atoms with Gasteiger partial charge in [0.15, 0.2) is 5.78 Å². The van der Waals surface area contributed by atoms with Crippen molar-refractivity contribution in [1.29, 1.82) is 0 Å². The van der Waals surface area contributed by atoms with Crippen molar-refractivity contribution in [2.24, 2.45) is 0 Å². The topological polar surface area (TPSA) is 87.3 Å². The van der Waals surface area contributed by atoms with Gasteiger partial charge in [-0.3, -0.25) is 14.4 Å². The maximum absolute atomic E-state index is 11.8. The van der Waals surface area contributed by atoms with Crippen LogP contribution in [0.2, 0.25) is 0 Å². The Hall–Kier alpha value is -2.21. The number of ketones is 1. The van der Waals surface area contributed by atoms with Gasteiger partial charge in [0.1, 0.15) is 0 Å². The van der Waals surface area contributed by atoms with Crippen molar-refractivity contribution in [2.45, 2.75) is 19.4 Å². The Kier molecular flexibility index (Phi) is 7.11. The van der Waals surface area contributed by atoms with Crippen molar-refractivity contribution >= 4 is 17.6 Å². The van der Waals surface area contributed by atoms with Gasteiger partial charge in [-0.15, -0.1) is 0 Å². The molecule has 1 aromatic carbocycles. The first-order valence-corrected chi connectivity index (χ1v) is 6.78. The molecular formula is C15H21N3O3. The lowest BCUT2D eigenvalue weighted by molar-refractivity contribution is -0.128. The molecule has 2 amide bonds. The molecule has 0 heterocycles. The maximum Gasteiger partial charge on any atom is 0.239 e. The average molecular weight is 291 g/mol. The van der Waals surface area contributed by atoms with E-state index >= 15 is 0 Å². The summed E-state index contributed by atoms with van der Waals surface area (Å²) in [6, 6.07) is 8.87. The first-order valence-electron chi connectivity index (χ1n) is 6.78. The van der Waals surface area contributed by atoms with Gasteiger partial charge in [0.2, 0.25) is 11.8 Å². The minimum atomic E-state index is -0.582. The molecule has 0 aliphatic heterocycles. The molecule has 0 aliphatic carbocycles. The van der Waals surface area contributed by atoms with E-state index in [0.29, 0.717) is 6.42 Å². The Morgan fingerprint density at radius 3 is 2.29 bits per heavy atom. The van der Waals surface area contributed by atoms with Gasteiger partial charge in [0.05, 0.1) is 19.1 Å². The van der Waals surface area contributed by atoms with E-state index in [1.807, 2.05) is 30.3 Å². The maximum atomic E-state index is 11.8. The second-order valence-corrected chi connectivity index (χ2v) is 4.73. The molecular weight excluding hydrogens is 270 g/mol. The van der Waals surface area contributed by atoms with Crippen LogP contribution >= 0.6 is 0 Å². The zero-order valence-corrected chi connectivity index (χ0v) is 12.3. The minimum Gasteiger partial charge on any atom is -0.346 e. The van der Waals surface area contributed by atoms with Crippen molar-refractivity contribution in [3.8, 4) is 0 Å². The van der Waals surface area contributed by atoms with Gasteiger partial charge >= 0.3 is 0 Å². The Morgan fingerprint density at radius 1 is 1.05 bits per heavy atom. The highest BCUT2D eigenvalue weighted by molar-refractivity contribution is 5.90. The molecule has 1 aromatic rings. The third kappa shape index (κ3) is 6.67. The Morgan fingerprint density at radius 2 is 1.71 bits per heavy atom. The second-order valence-electron chi connectivity index (χ2n) is 4.73. The van der Waals surface area contributed by atoms with E-state index in [0.717, 1.165) is 5.56 Å². The molecule has 0 bridgehead atoms. The van der Waals surface area contributed by atoms with E-state index in [9.17, 15) is 14.4 Å². The zero-order valence-electron chi connectivity index (χ0n) is 12.3. The number of benzene rings is 1. The summed E-state index contributed by atoms with van der Waals surface area (Å²) in [5.41, 5.74) is 0.970. The molecule has 0 saturated carbocycles. The van der Waals surface area contributed by atoms with E-state index < -0.39 is 6.04 Å². The van der Waals surface area contributed by atoms with E-state index in [2.05, 4.69) is 16.0 Å². The number of Topliss-reactive ketones (excluding diaryl/α,β-unsaturated/α-hetero) is 1. The van der Waals surface area contributed by atoms with Gasteiger partial charge < -0.3 is 16.0 Å². The molecule has 0 spiro atoms. The lowest BCUT2D eigenvalue weighted by Crippen LogP contribution is -2.46. The predicted molar refractivity (Wildman–Crippen MR) is 79.7 cm³/mol. The van der Waals surface area contributed by atoms with E-state index in [-0.39, 0.29) is 30.7 Å². The summed E-state index contributed by atoms with van der Waals surface area (Å²) >= 11 is 0. The third-order valence-electron chi connectivity index (χ3n) is 2.89. The molecule has 0 saturated heterocycles. The van der Waals surface area contributed by atoms with E-state index in [1.54, 1.807) is 7.05 Å². The van der Waals surface area contributed by atoms with Crippen LogP contribution in [0.3, 0.4) is 0 Å². The fourth-order valence-electron chi connectivity index (χ4n) is 1.79. The van der Waals surface area contributed by atoms with Crippen LogP contribution in [0.25, 0.3) is 0 Å². The standard InChI is InChI=1S/C15H21N3O3/c1-11(19)13(8-12-6-4-3-5-7-12)18-15(21)10-17-14(20)9-16-2/h3-7,13,16H,8-10H2,1-2H3,(H,17,20)(H,18,21). The number of nitrogens with one attached hydrogen (secondary N) is 3. The summed E-state index contributed by atoms with van der Waals surface area (Å²) in [5, 5.41) is 7.79. The highest BCUT2D eigenvalue weighted by Gasteiger charge is 2.17. The molecule has 1 rings (SSSR count). The smallest absolute Gasteiger partial charge is 0.239 e. The first-order chi connectivity index (χ1) is 10.0. The molecule has 0 fully saturated rings. The Balaban J connectivity index is 2.49. The van der Waals surface area contributed by atoms with Gasteiger partial charge in [0, 0.05) is 0 Å². The number of hydrogen-bond donors (Lipinski definition) is 3. The fraction of sp³-hybridized carbons (Fsp3) is 0.400. The van der Waals surface area contributed by atoms with Crippen LogP contribution in [0.1, 0.15) is 12.5 Å². The zero-order chi connectivity index (χ0) is 15.7. The van der Waals surface area contributed by atoms with Crippen molar-refractivity contribution < 1.29 is 14.4 Å². The van der Waals surface area contributed by atoms with Gasteiger partial charge in [-0.25, -0.2) is 0 Å². The van der Waals surface area contributed by atoms with Crippen LogP contribution in [0.5, 0.6) is 0 Å². The SMILES string of the molecule is CNCC(=O)NCC(=O)NC(Cc1ccccc1)C(C)=O. The molecule has 0 radical (unpaired) electrons. The first kappa shape index (κ1) is 16.8.